The molecule has 0 aliphatic heterocycles. The molecule has 0 aromatic heterocycles. The molecule has 0 saturated heterocycles. The third-order valence-electron chi connectivity index (χ3n) is 2.77. The summed E-state index contributed by atoms with van der Waals surface area (Å²) < 4.78 is 5.98. The molecule has 23 heavy (non-hydrogen) atoms. The van der Waals surface area contributed by atoms with Crippen molar-refractivity contribution in [2.24, 2.45) is 0 Å². The van der Waals surface area contributed by atoms with Crippen molar-refractivity contribution in [1.82, 2.24) is 5.32 Å². The number of amides is 3. The van der Waals surface area contributed by atoms with Crippen molar-refractivity contribution in [3.63, 3.8) is 0 Å². The lowest BCUT2D eigenvalue weighted by Gasteiger charge is -2.07. The van der Waals surface area contributed by atoms with Gasteiger partial charge in [0.05, 0.1) is 12.9 Å². The van der Waals surface area contributed by atoms with Gasteiger partial charge in [-0.3, -0.25) is 10.1 Å². The Balaban J connectivity index is 1.78. The number of urea groups is 1. The molecule has 2 aromatic carbocycles. The lowest BCUT2D eigenvalue weighted by Crippen LogP contribution is -2.35. The fraction of sp³-hybridized carbons (Fsp3) is 0.125. The molecule has 0 atom stereocenters. The smallest absolute Gasteiger partial charge is 0.325 e. The Morgan fingerprint density at radius 2 is 1.91 bits per heavy atom. The number of anilines is 1. The summed E-state index contributed by atoms with van der Waals surface area (Å²) in [5, 5.41) is 4.88. The topological polar surface area (TPSA) is 67.4 Å². The standard InChI is InChI=1S/C16H15BrN2O3S/c1-22-13-7-5-12(6-8-13)18-16(21)19-15(20)10-23-14-4-2-3-11(17)9-14/h2-9H,10H2,1H3,(H2,18,19,20,21). The van der Waals surface area contributed by atoms with Crippen molar-refractivity contribution in [3.05, 3.63) is 53.0 Å². The third kappa shape index (κ3) is 5.96. The number of carbonyl (C=O) groups is 2. The molecule has 0 saturated carbocycles. The zero-order valence-electron chi connectivity index (χ0n) is 12.3. The maximum Gasteiger partial charge on any atom is 0.325 e. The van der Waals surface area contributed by atoms with E-state index in [0.717, 1.165) is 9.37 Å². The Hall–Kier alpha value is -1.99. The molecule has 0 aliphatic carbocycles. The number of methoxy groups -OCH3 is 1. The first-order valence-corrected chi connectivity index (χ1v) is 8.48. The predicted octanol–water partition coefficient (Wildman–Crippen LogP) is 3.90. The van der Waals surface area contributed by atoms with Crippen molar-refractivity contribution in [1.29, 1.82) is 0 Å². The molecule has 2 N–H and O–H groups in total. The van der Waals surface area contributed by atoms with E-state index in [-0.39, 0.29) is 11.7 Å². The van der Waals surface area contributed by atoms with E-state index < -0.39 is 6.03 Å². The maximum absolute atomic E-state index is 11.8. The van der Waals surface area contributed by atoms with Crippen LogP contribution in [0.1, 0.15) is 0 Å². The van der Waals surface area contributed by atoms with E-state index in [1.807, 2.05) is 24.3 Å². The van der Waals surface area contributed by atoms with Gasteiger partial charge in [-0.15, -0.1) is 11.8 Å². The van der Waals surface area contributed by atoms with Gasteiger partial charge in [0.15, 0.2) is 0 Å². The molecule has 0 fully saturated rings. The number of ether oxygens (including phenoxy) is 1. The number of benzene rings is 2. The summed E-state index contributed by atoms with van der Waals surface area (Å²) in [6, 6.07) is 13.9. The molecule has 0 spiro atoms. The summed E-state index contributed by atoms with van der Waals surface area (Å²) in [5.74, 6) is 0.491. The zero-order chi connectivity index (χ0) is 16.7. The van der Waals surface area contributed by atoms with Gasteiger partial charge in [0.25, 0.3) is 0 Å². The second kappa shape index (κ2) is 8.59. The van der Waals surface area contributed by atoms with Crippen LogP contribution in [0.3, 0.4) is 0 Å². The fourth-order valence-corrected chi connectivity index (χ4v) is 3.01. The van der Waals surface area contributed by atoms with Gasteiger partial charge < -0.3 is 10.1 Å². The summed E-state index contributed by atoms with van der Waals surface area (Å²) >= 11 is 4.73. The SMILES string of the molecule is COc1ccc(NC(=O)NC(=O)CSc2cccc(Br)c2)cc1. The molecule has 0 bridgehead atoms. The number of carbonyl (C=O) groups excluding carboxylic acids is 2. The molecule has 0 unspecified atom stereocenters. The van der Waals surface area contributed by atoms with Crippen LogP contribution in [0.2, 0.25) is 0 Å². The Morgan fingerprint density at radius 1 is 1.17 bits per heavy atom. The highest BCUT2D eigenvalue weighted by Gasteiger charge is 2.09. The molecule has 3 amide bonds. The second-order valence-corrected chi connectivity index (χ2v) is 6.44. The number of nitrogens with one attached hydrogen (secondary N) is 2. The van der Waals surface area contributed by atoms with Gasteiger partial charge in [-0.05, 0) is 42.5 Å². The maximum atomic E-state index is 11.8. The van der Waals surface area contributed by atoms with Crippen LogP contribution in [0, 0.1) is 0 Å². The number of rotatable bonds is 5. The molecule has 7 heteroatoms. The Bertz CT molecular complexity index is 692. The van der Waals surface area contributed by atoms with E-state index in [2.05, 4.69) is 26.6 Å². The Kier molecular flexibility index (Phi) is 6.49. The average Bonchev–Trinajstić information content (AvgIpc) is 2.53. The molecule has 0 aliphatic rings. The van der Waals surface area contributed by atoms with Crippen molar-refractivity contribution >= 4 is 45.3 Å². The minimum Gasteiger partial charge on any atom is -0.497 e. The van der Waals surface area contributed by atoms with Gasteiger partial charge >= 0.3 is 6.03 Å². The summed E-state index contributed by atoms with van der Waals surface area (Å²) in [6.45, 7) is 0. The van der Waals surface area contributed by atoms with E-state index in [9.17, 15) is 9.59 Å². The summed E-state index contributed by atoms with van der Waals surface area (Å²) in [6.07, 6.45) is 0. The fourth-order valence-electron chi connectivity index (χ4n) is 1.71. The monoisotopic (exact) mass is 394 g/mol. The Morgan fingerprint density at radius 3 is 2.57 bits per heavy atom. The van der Waals surface area contributed by atoms with E-state index in [1.165, 1.54) is 11.8 Å². The summed E-state index contributed by atoms with van der Waals surface area (Å²) in [7, 11) is 1.57. The van der Waals surface area contributed by atoms with Gasteiger partial charge in [-0.2, -0.15) is 0 Å². The van der Waals surface area contributed by atoms with Gasteiger partial charge in [0, 0.05) is 15.1 Å². The first kappa shape index (κ1) is 17.4. The van der Waals surface area contributed by atoms with Crippen LogP contribution < -0.4 is 15.4 Å². The normalized spacial score (nSPS) is 10.0. The van der Waals surface area contributed by atoms with Crippen LogP contribution in [0.4, 0.5) is 10.5 Å². The number of hydrogen-bond donors (Lipinski definition) is 2. The quantitative estimate of drug-likeness (QED) is 0.754. The van der Waals surface area contributed by atoms with Crippen LogP contribution >= 0.6 is 27.7 Å². The highest BCUT2D eigenvalue weighted by atomic mass is 79.9. The highest BCUT2D eigenvalue weighted by Crippen LogP contribution is 2.21. The number of hydrogen-bond acceptors (Lipinski definition) is 4. The van der Waals surface area contributed by atoms with Gasteiger partial charge in [-0.25, -0.2) is 4.79 Å². The van der Waals surface area contributed by atoms with Crippen LogP contribution in [0.25, 0.3) is 0 Å². The second-order valence-electron chi connectivity index (χ2n) is 4.48. The van der Waals surface area contributed by atoms with Gasteiger partial charge in [0.1, 0.15) is 5.75 Å². The van der Waals surface area contributed by atoms with E-state index in [0.29, 0.717) is 11.4 Å². The van der Waals surface area contributed by atoms with Crippen molar-refractivity contribution < 1.29 is 14.3 Å². The predicted molar refractivity (Wildman–Crippen MR) is 95.0 cm³/mol. The van der Waals surface area contributed by atoms with Crippen molar-refractivity contribution in [2.45, 2.75) is 4.90 Å². The minimum atomic E-state index is -0.560. The lowest BCUT2D eigenvalue weighted by atomic mass is 10.3. The third-order valence-corrected chi connectivity index (χ3v) is 4.25. The molecule has 5 nitrogen and oxygen atoms in total. The molecule has 0 heterocycles. The zero-order valence-corrected chi connectivity index (χ0v) is 14.7. The largest absolute Gasteiger partial charge is 0.497 e. The van der Waals surface area contributed by atoms with Crippen LogP contribution in [0.5, 0.6) is 5.75 Å². The lowest BCUT2D eigenvalue weighted by molar-refractivity contribution is -0.117. The summed E-state index contributed by atoms with van der Waals surface area (Å²) in [4.78, 5) is 24.5. The van der Waals surface area contributed by atoms with E-state index in [4.69, 9.17) is 4.74 Å². The molecular weight excluding hydrogens is 380 g/mol. The average molecular weight is 395 g/mol. The first-order chi connectivity index (χ1) is 11.1. The number of imide groups is 1. The van der Waals surface area contributed by atoms with Crippen molar-refractivity contribution in [2.75, 3.05) is 18.2 Å². The van der Waals surface area contributed by atoms with Crippen LogP contribution in [-0.2, 0) is 4.79 Å². The number of thioether (sulfide) groups is 1. The summed E-state index contributed by atoms with van der Waals surface area (Å²) in [5.41, 5.74) is 0.579. The Labute approximate surface area is 146 Å². The van der Waals surface area contributed by atoms with Crippen LogP contribution in [-0.4, -0.2) is 24.8 Å². The number of halogens is 1. The van der Waals surface area contributed by atoms with Gasteiger partial charge in [0.2, 0.25) is 5.91 Å². The molecule has 120 valence electrons. The van der Waals surface area contributed by atoms with E-state index in [1.54, 1.807) is 31.4 Å². The molecule has 0 radical (unpaired) electrons. The van der Waals surface area contributed by atoms with Crippen LogP contribution in [0.15, 0.2) is 57.9 Å². The highest BCUT2D eigenvalue weighted by molar-refractivity contribution is 9.10. The van der Waals surface area contributed by atoms with E-state index >= 15 is 0 Å². The minimum absolute atomic E-state index is 0.159. The molecule has 2 rings (SSSR count). The molecule has 2 aromatic rings. The molecular formula is C16H15BrN2O3S. The van der Waals surface area contributed by atoms with Crippen molar-refractivity contribution in [3.8, 4) is 5.75 Å². The first-order valence-electron chi connectivity index (χ1n) is 6.70. The van der Waals surface area contributed by atoms with Gasteiger partial charge in [-0.1, -0.05) is 22.0 Å².